The van der Waals surface area contributed by atoms with Crippen LogP contribution in [0.2, 0.25) is 0 Å². The number of nitrogens with zero attached hydrogens (tertiary/aromatic N) is 3. The van der Waals surface area contributed by atoms with E-state index >= 15 is 0 Å². The van der Waals surface area contributed by atoms with E-state index in [9.17, 15) is 8.42 Å². The Kier molecular flexibility index (Phi) is 7.14. The van der Waals surface area contributed by atoms with E-state index in [4.69, 9.17) is 4.99 Å². The molecule has 2 rings (SSSR count). The second kappa shape index (κ2) is 8.71. The number of rotatable bonds is 5. The standard InChI is InChI=1S/C18H36N4O2S/c1-5-19-17(22-13-14-25(23,24)18(3,4)15-22)20-9-6-10-21-11-7-16(2)8-12-21/h16H,5-15H2,1-4H3,(H,19,20). The molecule has 146 valence electrons. The van der Waals surface area contributed by atoms with Gasteiger partial charge < -0.3 is 15.1 Å². The van der Waals surface area contributed by atoms with E-state index in [0.717, 1.165) is 37.9 Å². The van der Waals surface area contributed by atoms with Crippen molar-refractivity contribution in [3.8, 4) is 0 Å². The van der Waals surface area contributed by atoms with Gasteiger partial charge >= 0.3 is 0 Å². The Bertz CT molecular complexity index is 551. The number of hydrogen-bond donors (Lipinski definition) is 1. The Morgan fingerprint density at radius 3 is 2.52 bits per heavy atom. The Morgan fingerprint density at radius 1 is 1.24 bits per heavy atom. The molecular weight excluding hydrogens is 336 g/mol. The predicted molar refractivity (Wildman–Crippen MR) is 105 cm³/mol. The third-order valence-corrected chi connectivity index (χ3v) is 7.98. The summed E-state index contributed by atoms with van der Waals surface area (Å²) in [4.78, 5) is 9.40. The zero-order valence-electron chi connectivity index (χ0n) is 16.4. The number of guanidine groups is 1. The number of nitrogens with one attached hydrogen (secondary N) is 1. The molecule has 0 aliphatic carbocycles. The Morgan fingerprint density at radius 2 is 1.92 bits per heavy atom. The van der Waals surface area contributed by atoms with Crippen LogP contribution in [0.25, 0.3) is 0 Å². The molecule has 2 heterocycles. The van der Waals surface area contributed by atoms with Crippen LogP contribution in [0.15, 0.2) is 4.99 Å². The van der Waals surface area contributed by atoms with Gasteiger partial charge in [0.15, 0.2) is 15.8 Å². The van der Waals surface area contributed by atoms with Gasteiger partial charge in [-0.2, -0.15) is 0 Å². The second-order valence-corrected chi connectivity index (χ2v) is 10.9. The van der Waals surface area contributed by atoms with E-state index in [-0.39, 0.29) is 5.75 Å². The lowest BCUT2D eigenvalue weighted by Crippen LogP contribution is -2.57. The zero-order valence-corrected chi connectivity index (χ0v) is 17.2. The predicted octanol–water partition coefficient (Wildman–Crippen LogP) is 1.58. The van der Waals surface area contributed by atoms with Gasteiger partial charge in [-0.05, 0) is 65.6 Å². The number of aliphatic imine (C=N–C) groups is 1. The van der Waals surface area contributed by atoms with Crippen LogP contribution < -0.4 is 5.32 Å². The van der Waals surface area contributed by atoms with Gasteiger partial charge in [0.05, 0.1) is 10.5 Å². The van der Waals surface area contributed by atoms with Crippen LogP contribution in [0.1, 0.15) is 47.0 Å². The molecule has 0 aromatic rings. The third kappa shape index (κ3) is 5.58. The van der Waals surface area contributed by atoms with Crippen LogP contribution in [-0.4, -0.2) is 80.5 Å². The highest BCUT2D eigenvalue weighted by Crippen LogP contribution is 2.23. The van der Waals surface area contributed by atoms with Crippen molar-refractivity contribution < 1.29 is 8.42 Å². The first kappa shape index (κ1) is 20.5. The van der Waals surface area contributed by atoms with Crippen molar-refractivity contribution in [1.29, 1.82) is 0 Å². The molecule has 0 aromatic carbocycles. The van der Waals surface area contributed by atoms with Crippen molar-refractivity contribution >= 4 is 15.8 Å². The Balaban J connectivity index is 1.86. The average Bonchev–Trinajstić information content (AvgIpc) is 2.55. The topological polar surface area (TPSA) is 65.0 Å². The highest BCUT2D eigenvalue weighted by atomic mass is 32.2. The fourth-order valence-electron chi connectivity index (χ4n) is 3.52. The largest absolute Gasteiger partial charge is 0.357 e. The molecule has 1 N–H and O–H groups in total. The normalized spacial score (nSPS) is 25.1. The molecule has 2 aliphatic rings. The highest BCUT2D eigenvalue weighted by molar-refractivity contribution is 7.92. The number of hydrogen-bond acceptors (Lipinski definition) is 4. The molecule has 0 spiro atoms. The van der Waals surface area contributed by atoms with Crippen molar-refractivity contribution in [3.05, 3.63) is 0 Å². The summed E-state index contributed by atoms with van der Waals surface area (Å²) in [7, 11) is -3.02. The van der Waals surface area contributed by atoms with Gasteiger partial charge in [-0.15, -0.1) is 0 Å². The van der Waals surface area contributed by atoms with Gasteiger partial charge in [0.2, 0.25) is 0 Å². The minimum atomic E-state index is -3.02. The van der Waals surface area contributed by atoms with Crippen molar-refractivity contribution in [2.24, 2.45) is 10.9 Å². The lowest BCUT2D eigenvalue weighted by atomic mass is 9.99. The van der Waals surface area contributed by atoms with Crippen molar-refractivity contribution in [2.45, 2.75) is 51.7 Å². The summed E-state index contributed by atoms with van der Waals surface area (Å²) in [5.41, 5.74) is 0. The summed E-state index contributed by atoms with van der Waals surface area (Å²) >= 11 is 0. The fraction of sp³-hybridized carbons (Fsp3) is 0.944. The first-order valence-electron chi connectivity index (χ1n) is 9.73. The first-order valence-corrected chi connectivity index (χ1v) is 11.4. The number of piperidine rings is 1. The van der Waals surface area contributed by atoms with Crippen LogP contribution in [-0.2, 0) is 9.84 Å². The Labute approximate surface area is 154 Å². The van der Waals surface area contributed by atoms with Gasteiger partial charge in [-0.1, -0.05) is 6.92 Å². The zero-order chi connectivity index (χ0) is 18.5. The molecule has 2 saturated heterocycles. The molecule has 0 amide bonds. The summed E-state index contributed by atoms with van der Waals surface area (Å²) in [6.45, 7) is 14.2. The minimum Gasteiger partial charge on any atom is -0.357 e. The maximum Gasteiger partial charge on any atom is 0.193 e. The summed E-state index contributed by atoms with van der Waals surface area (Å²) in [6, 6.07) is 0. The van der Waals surface area contributed by atoms with Crippen molar-refractivity contribution in [2.75, 3.05) is 51.6 Å². The van der Waals surface area contributed by atoms with Gasteiger partial charge in [0, 0.05) is 26.2 Å². The van der Waals surface area contributed by atoms with Crippen LogP contribution >= 0.6 is 0 Å². The van der Waals surface area contributed by atoms with Crippen molar-refractivity contribution in [1.82, 2.24) is 15.1 Å². The monoisotopic (exact) mass is 372 g/mol. The van der Waals surface area contributed by atoms with E-state index in [1.54, 1.807) is 0 Å². The molecule has 6 nitrogen and oxygen atoms in total. The molecule has 0 atom stereocenters. The van der Waals surface area contributed by atoms with E-state index in [0.29, 0.717) is 13.1 Å². The van der Waals surface area contributed by atoms with Crippen molar-refractivity contribution in [3.63, 3.8) is 0 Å². The summed E-state index contributed by atoms with van der Waals surface area (Å²) < 4.78 is 23.7. The van der Waals surface area contributed by atoms with Crippen LogP contribution in [0.3, 0.4) is 0 Å². The third-order valence-electron chi connectivity index (χ3n) is 5.45. The van der Waals surface area contributed by atoms with E-state index in [1.807, 2.05) is 13.8 Å². The van der Waals surface area contributed by atoms with E-state index < -0.39 is 14.6 Å². The van der Waals surface area contributed by atoms with Crippen LogP contribution in [0.4, 0.5) is 0 Å². The fourth-order valence-corrected chi connectivity index (χ4v) is 4.88. The summed E-state index contributed by atoms with van der Waals surface area (Å²) in [5, 5.41) is 3.33. The molecule has 25 heavy (non-hydrogen) atoms. The SMILES string of the molecule is CCNC(=NCCCN1CCC(C)CC1)N1CCS(=O)(=O)C(C)(C)C1. The number of likely N-dealkylation sites (tertiary alicyclic amines) is 1. The number of sulfone groups is 1. The maximum absolute atomic E-state index is 12.2. The second-order valence-electron chi connectivity index (χ2n) is 8.11. The average molecular weight is 373 g/mol. The van der Waals surface area contributed by atoms with Gasteiger partial charge in [-0.25, -0.2) is 8.42 Å². The molecule has 2 aliphatic heterocycles. The van der Waals surface area contributed by atoms with E-state index in [1.165, 1.54) is 25.9 Å². The molecule has 0 bridgehead atoms. The Hall–Kier alpha value is -0.820. The molecule has 0 unspecified atom stereocenters. The highest BCUT2D eigenvalue weighted by Gasteiger charge is 2.40. The van der Waals surface area contributed by atoms with Gasteiger partial charge in [0.25, 0.3) is 0 Å². The summed E-state index contributed by atoms with van der Waals surface area (Å²) in [6.07, 6.45) is 3.67. The molecule has 0 radical (unpaired) electrons. The molecular formula is C18H36N4O2S. The smallest absolute Gasteiger partial charge is 0.193 e. The lowest BCUT2D eigenvalue weighted by Gasteiger charge is -2.39. The first-order chi connectivity index (χ1) is 11.7. The van der Waals surface area contributed by atoms with Gasteiger partial charge in [0.1, 0.15) is 0 Å². The maximum atomic E-state index is 12.2. The van der Waals surface area contributed by atoms with Gasteiger partial charge in [-0.3, -0.25) is 4.99 Å². The van der Waals surface area contributed by atoms with Crippen LogP contribution in [0.5, 0.6) is 0 Å². The lowest BCUT2D eigenvalue weighted by molar-refractivity contribution is 0.191. The van der Waals surface area contributed by atoms with Crippen LogP contribution in [0, 0.1) is 5.92 Å². The molecule has 0 aromatic heterocycles. The molecule has 7 heteroatoms. The molecule has 0 saturated carbocycles. The summed E-state index contributed by atoms with van der Waals surface area (Å²) in [5.74, 6) is 1.93. The quantitative estimate of drug-likeness (QED) is 0.451. The molecule has 2 fully saturated rings. The minimum absolute atomic E-state index is 0.205. The van der Waals surface area contributed by atoms with E-state index in [2.05, 4.69) is 29.0 Å².